The van der Waals surface area contributed by atoms with Crippen LogP contribution < -0.4 is 5.32 Å². The minimum absolute atomic E-state index is 0.544. The summed E-state index contributed by atoms with van der Waals surface area (Å²) in [7, 11) is 0. The SMILES string of the molecule is C=C(C)c1ccccc1[C@@H]1CCCN1. The van der Waals surface area contributed by atoms with Crippen molar-refractivity contribution < 1.29 is 0 Å². The molecule has 1 saturated heterocycles. The zero-order valence-corrected chi connectivity index (χ0v) is 8.72. The highest BCUT2D eigenvalue weighted by Crippen LogP contribution is 2.28. The average Bonchev–Trinajstić information content (AvgIpc) is 2.70. The van der Waals surface area contributed by atoms with Crippen LogP contribution in [0.25, 0.3) is 5.57 Å². The summed E-state index contributed by atoms with van der Waals surface area (Å²) in [5, 5.41) is 3.53. The van der Waals surface area contributed by atoms with E-state index in [1.807, 2.05) is 0 Å². The predicted octanol–water partition coefficient (Wildman–Crippen LogP) is 3.14. The van der Waals surface area contributed by atoms with Crippen LogP contribution in [-0.4, -0.2) is 6.54 Å². The molecule has 1 aromatic rings. The number of nitrogens with one attached hydrogen (secondary N) is 1. The van der Waals surface area contributed by atoms with E-state index in [0.29, 0.717) is 6.04 Å². The van der Waals surface area contributed by atoms with E-state index in [-0.39, 0.29) is 0 Å². The molecular formula is C13H17N. The number of rotatable bonds is 2. The van der Waals surface area contributed by atoms with Gasteiger partial charge in [0.2, 0.25) is 0 Å². The molecule has 0 bridgehead atoms. The van der Waals surface area contributed by atoms with E-state index < -0.39 is 0 Å². The Morgan fingerprint density at radius 3 is 2.86 bits per heavy atom. The lowest BCUT2D eigenvalue weighted by atomic mass is 9.95. The minimum atomic E-state index is 0.544. The van der Waals surface area contributed by atoms with E-state index in [0.717, 1.165) is 12.1 Å². The summed E-state index contributed by atoms with van der Waals surface area (Å²) in [5.74, 6) is 0. The van der Waals surface area contributed by atoms with Crippen LogP contribution in [0, 0.1) is 0 Å². The normalized spacial score (nSPS) is 21.1. The van der Waals surface area contributed by atoms with Crippen LogP contribution in [0.5, 0.6) is 0 Å². The van der Waals surface area contributed by atoms with Crippen molar-refractivity contribution in [2.24, 2.45) is 0 Å². The van der Waals surface area contributed by atoms with Gasteiger partial charge in [-0.25, -0.2) is 0 Å². The Morgan fingerprint density at radius 2 is 2.21 bits per heavy atom. The first-order chi connectivity index (χ1) is 6.79. The van der Waals surface area contributed by atoms with E-state index in [2.05, 4.69) is 43.1 Å². The van der Waals surface area contributed by atoms with Gasteiger partial charge in [-0.2, -0.15) is 0 Å². The second-order valence-corrected chi connectivity index (χ2v) is 4.02. The topological polar surface area (TPSA) is 12.0 Å². The third-order valence-electron chi connectivity index (χ3n) is 2.86. The number of hydrogen-bond donors (Lipinski definition) is 1. The molecule has 0 amide bonds. The second kappa shape index (κ2) is 3.97. The fourth-order valence-corrected chi connectivity index (χ4v) is 2.14. The monoisotopic (exact) mass is 187 g/mol. The van der Waals surface area contributed by atoms with E-state index in [1.165, 1.54) is 24.0 Å². The van der Waals surface area contributed by atoms with Gasteiger partial charge in [0.05, 0.1) is 0 Å². The van der Waals surface area contributed by atoms with Gasteiger partial charge in [-0.15, -0.1) is 0 Å². The maximum atomic E-state index is 4.03. The molecule has 0 spiro atoms. The lowest BCUT2D eigenvalue weighted by Crippen LogP contribution is -2.14. The van der Waals surface area contributed by atoms with Crippen LogP contribution >= 0.6 is 0 Å². The zero-order valence-electron chi connectivity index (χ0n) is 8.72. The second-order valence-electron chi connectivity index (χ2n) is 4.02. The molecule has 1 heterocycles. The van der Waals surface area contributed by atoms with Gasteiger partial charge in [0.1, 0.15) is 0 Å². The molecule has 1 aliphatic heterocycles. The fraction of sp³-hybridized carbons (Fsp3) is 0.385. The first-order valence-electron chi connectivity index (χ1n) is 5.27. The minimum Gasteiger partial charge on any atom is -0.310 e. The van der Waals surface area contributed by atoms with Gasteiger partial charge < -0.3 is 5.32 Å². The summed E-state index contributed by atoms with van der Waals surface area (Å²) in [5.41, 5.74) is 3.89. The summed E-state index contributed by atoms with van der Waals surface area (Å²) in [6.07, 6.45) is 2.54. The van der Waals surface area contributed by atoms with E-state index in [9.17, 15) is 0 Å². The smallest absolute Gasteiger partial charge is 0.0326 e. The molecule has 1 atom stereocenters. The third kappa shape index (κ3) is 1.73. The molecule has 0 saturated carbocycles. The van der Waals surface area contributed by atoms with E-state index in [4.69, 9.17) is 0 Å². The molecule has 0 unspecified atom stereocenters. The molecule has 1 N–H and O–H groups in total. The van der Waals surface area contributed by atoms with Gasteiger partial charge in [-0.05, 0) is 37.4 Å². The highest BCUT2D eigenvalue weighted by Gasteiger charge is 2.18. The maximum absolute atomic E-state index is 4.03. The van der Waals surface area contributed by atoms with E-state index >= 15 is 0 Å². The van der Waals surface area contributed by atoms with Gasteiger partial charge in [-0.3, -0.25) is 0 Å². The Hall–Kier alpha value is -1.08. The summed E-state index contributed by atoms with van der Waals surface area (Å²) < 4.78 is 0. The first kappa shape index (κ1) is 9.47. The Morgan fingerprint density at radius 1 is 1.43 bits per heavy atom. The molecule has 1 aliphatic rings. The van der Waals surface area contributed by atoms with Crippen LogP contribution in [0.4, 0.5) is 0 Å². The average molecular weight is 187 g/mol. The van der Waals surface area contributed by atoms with Crippen LogP contribution in [0.3, 0.4) is 0 Å². The van der Waals surface area contributed by atoms with Gasteiger partial charge >= 0.3 is 0 Å². The lowest BCUT2D eigenvalue weighted by molar-refractivity contribution is 0.646. The molecule has 0 aromatic heterocycles. The van der Waals surface area contributed by atoms with Crippen molar-refractivity contribution in [1.82, 2.24) is 5.32 Å². The molecule has 2 rings (SSSR count). The predicted molar refractivity (Wildman–Crippen MR) is 61.1 cm³/mol. The molecule has 0 aliphatic carbocycles. The number of allylic oxidation sites excluding steroid dienone is 1. The molecule has 1 nitrogen and oxygen atoms in total. The summed E-state index contributed by atoms with van der Waals surface area (Å²) in [4.78, 5) is 0. The lowest BCUT2D eigenvalue weighted by Gasteiger charge is -2.15. The van der Waals surface area contributed by atoms with Gasteiger partial charge in [0.25, 0.3) is 0 Å². The van der Waals surface area contributed by atoms with Gasteiger partial charge in [-0.1, -0.05) is 36.4 Å². The Balaban J connectivity index is 2.35. The van der Waals surface area contributed by atoms with Gasteiger partial charge in [0, 0.05) is 6.04 Å². The molecule has 74 valence electrons. The van der Waals surface area contributed by atoms with Crippen LogP contribution in [0.15, 0.2) is 30.8 Å². The van der Waals surface area contributed by atoms with Crippen LogP contribution in [-0.2, 0) is 0 Å². The number of hydrogen-bond acceptors (Lipinski definition) is 1. The first-order valence-corrected chi connectivity index (χ1v) is 5.27. The van der Waals surface area contributed by atoms with Crippen LogP contribution in [0.1, 0.15) is 36.9 Å². The van der Waals surface area contributed by atoms with Crippen LogP contribution in [0.2, 0.25) is 0 Å². The van der Waals surface area contributed by atoms with Crippen molar-refractivity contribution in [3.05, 3.63) is 42.0 Å². The standard InChI is InChI=1S/C13H17N/c1-10(2)11-6-3-4-7-12(11)13-8-5-9-14-13/h3-4,6-7,13-14H,1,5,8-9H2,2H3/t13-/m0/s1. The Kier molecular flexibility index (Phi) is 2.69. The zero-order chi connectivity index (χ0) is 9.97. The molecule has 1 aromatic carbocycles. The largest absolute Gasteiger partial charge is 0.310 e. The fourth-order valence-electron chi connectivity index (χ4n) is 2.14. The van der Waals surface area contributed by atoms with Crippen molar-refractivity contribution in [1.29, 1.82) is 0 Å². The third-order valence-corrected chi connectivity index (χ3v) is 2.86. The highest BCUT2D eigenvalue weighted by atomic mass is 14.9. The van der Waals surface area contributed by atoms with Crippen molar-refractivity contribution >= 4 is 5.57 Å². The molecule has 14 heavy (non-hydrogen) atoms. The van der Waals surface area contributed by atoms with Crippen molar-refractivity contribution in [2.45, 2.75) is 25.8 Å². The molecule has 1 heteroatoms. The van der Waals surface area contributed by atoms with Crippen molar-refractivity contribution in [2.75, 3.05) is 6.54 Å². The van der Waals surface area contributed by atoms with Gasteiger partial charge in [0.15, 0.2) is 0 Å². The quantitative estimate of drug-likeness (QED) is 0.750. The maximum Gasteiger partial charge on any atom is 0.0326 e. The summed E-state index contributed by atoms with van der Waals surface area (Å²) >= 11 is 0. The summed E-state index contributed by atoms with van der Waals surface area (Å²) in [6, 6.07) is 9.12. The highest BCUT2D eigenvalue weighted by molar-refractivity contribution is 5.65. The van der Waals surface area contributed by atoms with E-state index in [1.54, 1.807) is 0 Å². The Bertz CT molecular complexity index is 335. The molecular weight excluding hydrogens is 170 g/mol. The Labute approximate surface area is 85.8 Å². The number of benzene rings is 1. The summed E-state index contributed by atoms with van der Waals surface area (Å²) in [6.45, 7) is 7.25. The molecule has 0 radical (unpaired) electrons. The van der Waals surface area contributed by atoms with Crippen molar-refractivity contribution in [3.8, 4) is 0 Å². The van der Waals surface area contributed by atoms with Crippen molar-refractivity contribution in [3.63, 3.8) is 0 Å². The molecule has 1 fully saturated rings.